The lowest BCUT2D eigenvalue weighted by Crippen LogP contribution is -2.51. The summed E-state index contributed by atoms with van der Waals surface area (Å²) in [5.74, 6) is 1.27. The number of likely N-dealkylation sites (tertiary alicyclic amines) is 1. The van der Waals surface area contributed by atoms with Crippen LogP contribution in [-0.2, 0) is 4.79 Å². The number of rotatable bonds is 5. The molecule has 2 N–H and O–H groups in total. The first-order valence-corrected chi connectivity index (χ1v) is 8.22. The van der Waals surface area contributed by atoms with E-state index in [1.54, 1.807) is 7.11 Å². The number of hydrogen-bond acceptors (Lipinski definition) is 3. The van der Waals surface area contributed by atoms with Gasteiger partial charge in [0.05, 0.1) is 7.11 Å². The van der Waals surface area contributed by atoms with Crippen LogP contribution in [0.1, 0.15) is 51.0 Å². The van der Waals surface area contributed by atoms with E-state index in [0.29, 0.717) is 6.42 Å². The average Bonchev–Trinajstić information content (AvgIpc) is 2.54. The van der Waals surface area contributed by atoms with Gasteiger partial charge in [-0.05, 0) is 49.8 Å². The van der Waals surface area contributed by atoms with Crippen molar-refractivity contribution in [2.45, 2.75) is 57.5 Å². The lowest BCUT2D eigenvalue weighted by atomic mass is 9.93. The number of ether oxygens (including phenoxy) is 1. The number of nitrogens with zero attached hydrogens (tertiary/aromatic N) is 1. The molecule has 4 nitrogen and oxygen atoms in total. The Kier molecular flexibility index (Phi) is 5.83. The lowest BCUT2D eigenvalue weighted by molar-refractivity contribution is -0.135. The van der Waals surface area contributed by atoms with E-state index in [-0.39, 0.29) is 23.9 Å². The number of carbonyl (C=O) groups excluding carboxylic acids is 1. The lowest BCUT2D eigenvalue weighted by Gasteiger charge is -2.38. The first-order chi connectivity index (χ1) is 10.5. The van der Waals surface area contributed by atoms with Crippen LogP contribution in [0.3, 0.4) is 0 Å². The number of carbonyl (C=O) groups is 1. The van der Waals surface area contributed by atoms with Crippen LogP contribution in [0.25, 0.3) is 0 Å². The molecule has 0 saturated carbocycles. The minimum Gasteiger partial charge on any atom is -0.497 e. The number of amides is 1. The molecule has 22 heavy (non-hydrogen) atoms. The zero-order chi connectivity index (χ0) is 16.1. The van der Waals surface area contributed by atoms with Gasteiger partial charge in [0.1, 0.15) is 5.75 Å². The van der Waals surface area contributed by atoms with Crippen LogP contribution >= 0.6 is 0 Å². The Morgan fingerprint density at radius 2 is 2.00 bits per heavy atom. The third kappa shape index (κ3) is 4.01. The topological polar surface area (TPSA) is 55.6 Å². The van der Waals surface area contributed by atoms with Gasteiger partial charge in [-0.3, -0.25) is 4.79 Å². The Morgan fingerprint density at radius 1 is 1.32 bits per heavy atom. The van der Waals surface area contributed by atoms with Gasteiger partial charge in [-0.15, -0.1) is 0 Å². The first kappa shape index (κ1) is 16.8. The van der Waals surface area contributed by atoms with E-state index in [0.717, 1.165) is 25.1 Å². The van der Waals surface area contributed by atoms with Gasteiger partial charge in [-0.2, -0.15) is 0 Å². The van der Waals surface area contributed by atoms with Crippen molar-refractivity contribution < 1.29 is 9.53 Å². The summed E-state index contributed by atoms with van der Waals surface area (Å²) in [6.45, 7) is 4.95. The van der Waals surface area contributed by atoms with E-state index in [4.69, 9.17) is 10.5 Å². The second-order valence-electron chi connectivity index (χ2n) is 6.39. The molecule has 0 radical (unpaired) electrons. The molecule has 3 unspecified atom stereocenters. The SMILES string of the molecule is COc1ccc(C(C)CC(=O)N2CCCCC2C(C)N)cc1. The Bertz CT molecular complexity index is 484. The van der Waals surface area contributed by atoms with Crippen molar-refractivity contribution in [2.75, 3.05) is 13.7 Å². The summed E-state index contributed by atoms with van der Waals surface area (Å²) in [5, 5.41) is 0. The maximum atomic E-state index is 12.7. The van der Waals surface area contributed by atoms with Crippen molar-refractivity contribution in [2.24, 2.45) is 5.73 Å². The van der Waals surface area contributed by atoms with Gasteiger partial charge in [0, 0.05) is 25.0 Å². The van der Waals surface area contributed by atoms with E-state index >= 15 is 0 Å². The second-order valence-corrected chi connectivity index (χ2v) is 6.39. The highest BCUT2D eigenvalue weighted by atomic mass is 16.5. The summed E-state index contributed by atoms with van der Waals surface area (Å²) in [4.78, 5) is 14.7. The molecule has 3 atom stereocenters. The first-order valence-electron chi connectivity index (χ1n) is 8.22. The Balaban J connectivity index is 1.99. The molecule has 0 aliphatic carbocycles. The Labute approximate surface area is 133 Å². The van der Waals surface area contributed by atoms with Crippen molar-refractivity contribution in [1.29, 1.82) is 0 Å². The highest BCUT2D eigenvalue weighted by Crippen LogP contribution is 2.25. The number of benzene rings is 1. The minimum absolute atomic E-state index is 0.0422. The summed E-state index contributed by atoms with van der Waals surface area (Å²) in [6.07, 6.45) is 3.83. The van der Waals surface area contributed by atoms with E-state index in [9.17, 15) is 4.79 Å². The highest BCUT2D eigenvalue weighted by molar-refractivity contribution is 5.77. The molecule has 1 fully saturated rings. The molecule has 1 heterocycles. The Morgan fingerprint density at radius 3 is 2.59 bits per heavy atom. The average molecular weight is 304 g/mol. The summed E-state index contributed by atoms with van der Waals surface area (Å²) in [5.41, 5.74) is 7.23. The molecule has 0 aromatic heterocycles. The normalized spacial score (nSPS) is 21.3. The summed E-state index contributed by atoms with van der Waals surface area (Å²) >= 11 is 0. The van der Waals surface area contributed by atoms with E-state index in [1.165, 1.54) is 12.0 Å². The molecule has 1 aromatic rings. The third-order valence-corrected chi connectivity index (χ3v) is 4.64. The molecule has 0 spiro atoms. The highest BCUT2D eigenvalue weighted by Gasteiger charge is 2.29. The predicted molar refractivity (Wildman–Crippen MR) is 89.0 cm³/mol. The number of hydrogen-bond donors (Lipinski definition) is 1. The van der Waals surface area contributed by atoms with Gasteiger partial charge in [-0.25, -0.2) is 0 Å². The molecular formula is C18H28N2O2. The van der Waals surface area contributed by atoms with Crippen molar-refractivity contribution in [1.82, 2.24) is 4.90 Å². The molecule has 1 saturated heterocycles. The van der Waals surface area contributed by atoms with E-state index in [2.05, 4.69) is 6.92 Å². The zero-order valence-corrected chi connectivity index (χ0v) is 13.9. The smallest absolute Gasteiger partial charge is 0.223 e. The van der Waals surface area contributed by atoms with Crippen molar-refractivity contribution in [3.8, 4) is 5.75 Å². The second kappa shape index (κ2) is 7.63. The van der Waals surface area contributed by atoms with Gasteiger partial charge < -0.3 is 15.4 Å². The molecule has 4 heteroatoms. The van der Waals surface area contributed by atoms with Crippen LogP contribution in [0, 0.1) is 0 Å². The largest absolute Gasteiger partial charge is 0.497 e. The molecule has 0 bridgehead atoms. The van der Waals surface area contributed by atoms with Gasteiger partial charge in [0.25, 0.3) is 0 Å². The van der Waals surface area contributed by atoms with E-state index < -0.39 is 0 Å². The number of nitrogens with two attached hydrogens (primary N) is 1. The standard InChI is InChI=1S/C18H28N2O2/c1-13(15-7-9-16(22-3)10-8-15)12-18(21)20-11-5-4-6-17(20)14(2)19/h7-10,13-14,17H,4-6,11-12,19H2,1-3H3. The van der Waals surface area contributed by atoms with Gasteiger partial charge >= 0.3 is 0 Å². The molecule has 122 valence electrons. The predicted octanol–water partition coefficient (Wildman–Crippen LogP) is 2.92. The van der Waals surface area contributed by atoms with Crippen molar-refractivity contribution >= 4 is 5.91 Å². The quantitative estimate of drug-likeness (QED) is 0.910. The fraction of sp³-hybridized carbons (Fsp3) is 0.611. The van der Waals surface area contributed by atoms with Gasteiger partial charge in [0.15, 0.2) is 0 Å². The number of methoxy groups -OCH3 is 1. The minimum atomic E-state index is 0.0422. The molecule has 2 rings (SSSR count). The van der Waals surface area contributed by atoms with Gasteiger partial charge in [-0.1, -0.05) is 19.1 Å². The maximum absolute atomic E-state index is 12.7. The van der Waals surface area contributed by atoms with Crippen LogP contribution in [0.5, 0.6) is 5.75 Å². The fourth-order valence-electron chi connectivity index (χ4n) is 3.24. The van der Waals surface area contributed by atoms with Crippen LogP contribution in [-0.4, -0.2) is 36.5 Å². The molecule has 1 amide bonds. The fourth-order valence-corrected chi connectivity index (χ4v) is 3.24. The zero-order valence-electron chi connectivity index (χ0n) is 13.9. The molecule has 1 aromatic carbocycles. The monoisotopic (exact) mass is 304 g/mol. The van der Waals surface area contributed by atoms with E-state index in [1.807, 2.05) is 36.1 Å². The summed E-state index contributed by atoms with van der Waals surface area (Å²) in [6, 6.07) is 8.21. The molecule has 1 aliphatic heterocycles. The van der Waals surface area contributed by atoms with Crippen LogP contribution in [0.15, 0.2) is 24.3 Å². The summed E-state index contributed by atoms with van der Waals surface area (Å²) < 4.78 is 5.18. The molecular weight excluding hydrogens is 276 g/mol. The van der Waals surface area contributed by atoms with Crippen LogP contribution in [0.4, 0.5) is 0 Å². The number of piperidine rings is 1. The van der Waals surface area contributed by atoms with Crippen molar-refractivity contribution in [3.63, 3.8) is 0 Å². The Hall–Kier alpha value is -1.55. The summed E-state index contributed by atoms with van der Waals surface area (Å²) in [7, 11) is 1.66. The van der Waals surface area contributed by atoms with Gasteiger partial charge in [0.2, 0.25) is 5.91 Å². The third-order valence-electron chi connectivity index (χ3n) is 4.64. The van der Waals surface area contributed by atoms with Crippen LogP contribution < -0.4 is 10.5 Å². The van der Waals surface area contributed by atoms with Crippen LogP contribution in [0.2, 0.25) is 0 Å². The maximum Gasteiger partial charge on any atom is 0.223 e. The molecule has 1 aliphatic rings. The van der Waals surface area contributed by atoms with Crippen molar-refractivity contribution in [3.05, 3.63) is 29.8 Å².